The molecule has 3 heteroatoms. The lowest BCUT2D eigenvalue weighted by molar-refractivity contribution is 1.27. The number of H-pyrrole nitrogens is 1. The van der Waals surface area contributed by atoms with E-state index in [0.29, 0.717) is 6.42 Å². The molecule has 0 saturated heterocycles. The van der Waals surface area contributed by atoms with Crippen LogP contribution < -0.4 is 0 Å². The quantitative estimate of drug-likeness (QED) is 0.752. The summed E-state index contributed by atoms with van der Waals surface area (Å²) in [7, 11) is 0. The first-order chi connectivity index (χ1) is 9.26. The first kappa shape index (κ1) is 11.5. The minimum absolute atomic E-state index is 0.425. The van der Waals surface area contributed by atoms with Crippen LogP contribution in [0.4, 0.5) is 0 Å². The molecule has 3 rings (SSSR count). The lowest BCUT2D eigenvalue weighted by Crippen LogP contribution is -1.81. The number of aromatic nitrogens is 2. The van der Waals surface area contributed by atoms with E-state index in [2.05, 4.69) is 35.1 Å². The highest BCUT2D eigenvalue weighted by molar-refractivity contribution is 5.80. The SMILES string of the molecule is Cc1cccc(-c2nc3ccc(CC#N)cc3[nH]2)c1. The van der Waals surface area contributed by atoms with Gasteiger partial charge in [0.2, 0.25) is 0 Å². The molecule has 0 radical (unpaired) electrons. The molecule has 0 unspecified atom stereocenters. The number of hydrogen-bond donors (Lipinski definition) is 1. The zero-order valence-corrected chi connectivity index (χ0v) is 10.6. The zero-order valence-electron chi connectivity index (χ0n) is 10.6. The second kappa shape index (κ2) is 4.58. The van der Waals surface area contributed by atoms with Gasteiger partial charge in [-0.3, -0.25) is 0 Å². The molecule has 0 amide bonds. The summed E-state index contributed by atoms with van der Waals surface area (Å²) in [5, 5.41) is 8.73. The molecule has 1 heterocycles. The van der Waals surface area contributed by atoms with Crippen molar-refractivity contribution in [1.82, 2.24) is 9.97 Å². The molecule has 0 spiro atoms. The van der Waals surface area contributed by atoms with Gasteiger partial charge in [-0.05, 0) is 30.7 Å². The minimum Gasteiger partial charge on any atom is -0.338 e. The van der Waals surface area contributed by atoms with E-state index in [0.717, 1.165) is 28.0 Å². The molecule has 1 aromatic heterocycles. The van der Waals surface area contributed by atoms with E-state index in [1.807, 2.05) is 30.3 Å². The fourth-order valence-electron chi connectivity index (χ4n) is 2.19. The topological polar surface area (TPSA) is 52.5 Å². The fraction of sp³-hybridized carbons (Fsp3) is 0.125. The maximum Gasteiger partial charge on any atom is 0.138 e. The van der Waals surface area contributed by atoms with E-state index in [1.54, 1.807) is 0 Å². The largest absolute Gasteiger partial charge is 0.338 e. The van der Waals surface area contributed by atoms with Crippen molar-refractivity contribution >= 4 is 11.0 Å². The van der Waals surface area contributed by atoms with E-state index < -0.39 is 0 Å². The Balaban J connectivity index is 2.09. The first-order valence-electron chi connectivity index (χ1n) is 6.19. The molecule has 0 saturated carbocycles. The monoisotopic (exact) mass is 247 g/mol. The minimum atomic E-state index is 0.425. The molecule has 0 aliphatic rings. The van der Waals surface area contributed by atoms with Crippen LogP contribution in [0.15, 0.2) is 42.5 Å². The van der Waals surface area contributed by atoms with Crippen LogP contribution in [0.25, 0.3) is 22.4 Å². The first-order valence-corrected chi connectivity index (χ1v) is 6.19. The summed E-state index contributed by atoms with van der Waals surface area (Å²) in [6.07, 6.45) is 0.425. The van der Waals surface area contributed by atoms with Crippen molar-refractivity contribution in [1.29, 1.82) is 5.26 Å². The summed E-state index contributed by atoms with van der Waals surface area (Å²) >= 11 is 0. The van der Waals surface area contributed by atoms with Crippen LogP contribution in [0.3, 0.4) is 0 Å². The van der Waals surface area contributed by atoms with Crippen LogP contribution in [0.2, 0.25) is 0 Å². The molecule has 0 atom stereocenters. The number of fused-ring (bicyclic) bond motifs is 1. The Morgan fingerprint density at radius 3 is 2.89 bits per heavy atom. The molecule has 1 N–H and O–H groups in total. The molecule has 3 aromatic rings. The lowest BCUT2D eigenvalue weighted by Gasteiger charge is -1.97. The number of aromatic amines is 1. The highest BCUT2D eigenvalue weighted by atomic mass is 14.9. The molecule has 92 valence electrons. The van der Waals surface area contributed by atoms with E-state index in [9.17, 15) is 0 Å². The number of imidazole rings is 1. The van der Waals surface area contributed by atoms with Crippen LogP contribution in [0.1, 0.15) is 11.1 Å². The third kappa shape index (κ3) is 2.21. The highest BCUT2D eigenvalue weighted by Gasteiger charge is 2.06. The van der Waals surface area contributed by atoms with Crippen LogP contribution in [0.5, 0.6) is 0 Å². The van der Waals surface area contributed by atoms with Crippen molar-refractivity contribution in [3.8, 4) is 17.5 Å². The third-order valence-corrected chi connectivity index (χ3v) is 3.12. The van der Waals surface area contributed by atoms with Crippen molar-refractivity contribution in [2.45, 2.75) is 13.3 Å². The van der Waals surface area contributed by atoms with Gasteiger partial charge in [-0.25, -0.2) is 4.98 Å². The van der Waals surface area contributed by atoms with E-state index in [1.165, 1.54) is 5.56 Å². The predicted octanol–water partition coefficient (Wildman–Crippen LogP) is 3.60. The van der Waals surface area contributed by atoms with E-state index in [4.69, 9.17) is 5.26 Å². The number of hydrogen-bond acceptors (Lipinski definition) is 2. The predicted molar refractivity (Wildman–Crippen MR) is 75.6 cm³/mol. The fourth-order valence-corrected chi connectivity index (χ4v) is 2.19. The number of nitrogens with zero attached hydrogens (tertiary/aromatic N) is 2. The maximum atomic E-state index is 8.73. The molecular formula is C16H13N3. The van der Waals surface area contributed by atoms with Crippen molar-refractivity contribution in [2.75, 3.05) is 0 Å². The molecule has 0 aliphatic carbocycles. The second-order valence-electron chi connectivity index (χ2n) is 4.64. The van der Waals surface area contributed by atoms with Gasteiger partial charge >= 0.3 is 0 Å². The molecule has 0 aliphatic heterocycles. The van der Waals surface area contributed by atoms with Gasteiger partial charge in [-0.2, -0.15) is 5.26 Å². The zero-order chi connectivity index (χ0) is 13.2. The van der Waals surface area contributed by atoms with Gasteiger partial charge in [0.05, 0.1) is 23.5 Å². The average molecular weight is 247 g/mol. The van der Waals surface area contributed by atoms with Crippen molar-refractivity contribution < 1.29 is 0 Å². The standard InChI is InChI=1S/C16H13N3/c1-11-3-2-4-13(9-11)16-18-14-6-5-12(7-8-17)10-15(14)19-16/h2-6,9-10H,7H2,1H3,(H,18,19). The Bertz CT molecular complexity index is 778. The number of nitriles is 1. The van der Waals surface area contributed by atoms with Gasteiger partial charge in [0, 0.05) is 5.56 Å². The smallest absolute Gasteiger partial charge is 0.138 e. The molecule has 0 fully saturated rings. The Labute approximate surface area is 111 Å². The summed E-state index contributed by atoms with van der Waals surface area (Å²) < 4.78 is 0. The van der Waals surface area contributed by atoms with Gasteiger partial charge in [-0.15, -0.1) is 0 Å². The van der Waals surface area contributed by atoms with E-state index in [-0.39, 0.29) is 0 Å². The Morgan fingerprint density at radius 1 is 1.21 bits per heavy atom. The summed E-state index contributed by atoms with van der Waals surface area (Å²) in [6, 6.07) is 16.3. The van der Waals surface area contributed by atoms with Crippen molar-refractivity contribution in [2.24, 2.45) is 0 Å². The number of rotatable bonds is 2. The third-order valence-electron chi connectivity index (χ3n) is 3.12. The van der Waals surface area contributed by atoms with Crippen LogP contribution in [-0.2, 0) is 6.42 Å². The molecule has 3 nitrogen and oxygen atoms in total. The Kier molecular flexibility index (Phi) is 2.77. The number of nitrogens with one attached hydrogen (secondary N) is 1. The molecule has 0 bridgehead atoms. The summed E-state index contributed by atoms with van der Waals surface area (Å²) in [6.45, 7) is 2.07. The Hall–Kier alpha value is -2.60. The van der Waals surface area contributed by atoms with Crippen molar-refractivity contribution in [3.63, 3.8) is 0 Å². The summed E-state index contributed by atoms with van der Waals surface area (Å²) in [5.74, 6) is 0.868. The van der Waals surface area contributed by atoms with Crippen molar-refractivity contribution in [3.05, 3.63) is 53.6 Å². The summed E-state index contributed by atoms with van der Waals surface area (Å²) in [4.78, 5) is 7.90. The van der Waals surface area contributed by atoms with Gasteiger partial charge in [-0.1, -0.05) is 29.8 Å². The van der Waals surface area contributed by atoms with Crippen LogP contribution in [0, 0.1) is 18.3 Å². The van der Waals surface area contributed by atoms with Gasteiger partial charge in [0.25, 0.3) is 0 Å². The van der Waals surface area contributed by atoms with Gasteiger partial charge in [0.15, 0.2) is 0 Å². The lowest BCUT2D eigenvalue weighted by atomic mass is 10.1. The maximum absolute atomic E-state index is 8.73. The normalized spacial score (nSPS) is 10.5. The number of benzene rings is 2. The number of aryl methyl sites for hydroxylation is 1. The molecule has 19 heavy (non-hydrogen) atoms. The average Bonchev–Trinajstić information content (AvgIpc) is 2.82. The van der Waals surface area contributed by atoms with Gasteiger partial charge < -0.3 is 4.98 Å². The molecular weight excluding hydrogens is 234 g/mol. The summed E-state index contributed by atoms with van der Waals surface area (Å²) in [5.41, 5.74) is 5.21. The second-order valence-corrected chi connectivity index (χ2v) is 4.64. The highest BCUT2D eigenvalue weighted by Crippen LogP contribution is 2.22. The van der Waals surface area contributed by atoms with Gasteiger partial charge in [0.1, 0.15) is 5.82 Å². The van der Waals surface area contributed by atoms with Crippen LogP contribution in [-0.4, -0.2) is 9.97 Å². The molecule has 2 aromatic carbocycles. The van der Waals surface area contributed by atoms with E-state index >= 15 is 0 Å². The Morgan fingerprint density at radius 2 is 2.11 bits per heavy atom. The van der Waals surface area contributed by atoms with Crippen LogP contribution >= 0.6 is 0 Å².